The second-order valence-electron chi connectivity index (χ2n) is 8.56. The lowest BCUT2D eigenvalue weighted by molar-refractivity contribution is -0.155. The van der Waals surface area contributed by atoms with Gasteiger partial charge >= 0.3 is 5.97 Å². The minimum Gasteiger partial charge on any atom is -0.496 e. The molecule has 4 rings (SSSR count). The normalized spacial score (nSPS) is 19.9. The average molecular weight is 436 g/mol. The first-order valence-corrected chi connectivity index (χ1v) is 11.2. The van der Waals surface area contributed by atoms with Gasteiger partial charge in [0.25, 0.3) is 0 Å². The first kappa shape index (κ1) is 22.1. The summed E-state index contributed by atoms with van der Waals surface area (Å²) in [4.78, 5) is 40.1. The summed E-state index contributed by atoms with van der Waals surface area (Å²) < 4.78 is 11.0. The van der Waals surface area contributed by atoms with Crippen molar-refractivity contribution in [3.63, 3.8) is 0 Å². The van der Waals surface area contributed by atoms with Crippen molar-refractivity contribution in [1.82, 2.24) is 0 Å². The fraction of sp³-hybridized carbons (Fsp3) is 0.423. The Morgan fingerprint density at radius 2 is 1.78 bits per heavy atom. The van der Waals surface area contributed by atoms with Crippen molar-refractivity contribution >= 4 is 23.3 Å². The van der Waals surface area contributed by atoms with Crippen LogP contribution in [0.4, 0.5) is 5.69 Å². The number of carbonyl (C=O) groups is 3. The molecule has 6 heteroatoms. The molecule has 2 aromatic rings. The number of Topliss-reactive ketones (excluding diaryl/α,β-unsaturated/α-hetero) is 1. The van der Waals surface area contributed by atoms with Gasteiger partial charge in [0.1, 0.15) is 12.4 Å². The van der Waals surface area contributed by atoms with Gasteiger partial charge in [-0.15, -0.1) is 0 Å². The number of hydrogen-bond acceptors (Lipinski definition) is 5. The van der Waals surface area contributed by atoms with Crippen LogP contribution in [0, 0.1) is 11.8 Å². The van der Waals surface area contributed by atoms with E-state index in [1.165, 1.54) is 19.6 Å². The van der Waals surface area contributed by atoms with Crippen LogP contribution in [0.15, 0.2) is 42.5 Å². The van der Waals surface area contributed by atoms with Gasteiger partial charge in [0.05, 0.1) is 18.9 Å². The molecule has 1 fully saturated rings. The molecule has 6 nitrogen and oxygen atoms in total. The Morgan fingerprint density at radius 1 is 1.03 bits per heavy atom. The van der Waals surface area contributed by atoms with Crippen LogP contribution >= 0.6 is 0 Å². The number of anilines is 1. The molecule has 1 heterocycles. The number of rotatable bonds is 6. The quantitative estimate of drug-likeness (QED) is 0.499. The largest absolute Gasteiger partial charge is 0.496 e. The molecule has 168 valence electrons. The highest BCUT2D eigenvalue weighted by atomic mass is 16.5. The van der Waals surface area contributed by atoms with Gasteiger partial charge in [0.2, 0.25) is 5.91 Å². The molecule has 0 aromatic heterocycles. The van der Waals surface area contributed by atoms with Crippen LogP contribution in [0.25, 0.3) is 0 Å². The van der Waals surface area contributed by atoms with Gasteiger partial charge < -0.3 is 14.4 Å². The lowest BCUT2D eigenvalue weighted by Gasteiger charge is -2.32. The Bertz CT molecular complexity index is 1030. The fourth-order valence-corrected chi connectivity index (χ4v) is 4.84. The van der Waals surface area contributed by atoms with Crippen LogP contribution in [-0.4, -0.2) is 31.3 Å². The van der Waals surface area contributed by atoms with E-state index in [2.05, 4.69) is 6.07 Å². The maximum Gasteiger partial charge on any atom is 0.310 e. The number of amides is 1. The Hall–Kier alpha value is -3.15. The minimum absolute atomic E-state index is 0.00703. The third-order valence-electron chi connectivity index (χ3n) is 6.60. The lowest BCUT2D eigenvalue weighted by Crippen LogP contribution is -2.42. The van der Waals surface area contributed by atoms with E-state index in [0.717, 1.165) is 24.9 Å². The molecular weight excluding hydrogens is 406 g/mol. The average Bonchev–Trinajstić information content (AvgIpc) is 3.26. The van der Waals surface area contributed by atoms with Crippen LogP contribution in [0.2, 0.25) is 0 Å². The Balaban J connectivity index is 1.47. The van der Waals surface area contributed by atoms with Crippen LogP contribution < -0.4 is 9.64 Å². The summed E-state index contributed by atoms with van der Waals surface area (Å²) in [5, 5.41) is 0. The van der Waals surface area contributed by atoms with Crippen molar-refractivity contribution in [2.75, 3.05) is 18.6 Å². The molecule has 2 atom stereocenters. The van der Waals surface area contributed by atoms with Crippen molar-refractivity contribution in [1.29, 1.82) is 0 Å². The third kappa shape index (κ3) is 4.40. The van der Waals surface area contributed by atoms with E-state index in [1.807, 2.05) is 23.1 Å². The number of ketones is 1. The van der Waals surface area contributed by atoms with Gasteiger partial charge in [-0.2, -0.15) is 0 Å². The van der Waals surface area contributed by atoms with Crippen molar-refractivity contribution < 1.29 is 23.9 Å². The number of ether oxygens (including phenoxy) is 2. The smallest absolute Gasteiger partial charge is 0.310 e. The highest BCUT2D eigenvalue weighted by molar-refractivity contribution is 5.99. The maximum absolute atomic E-state index is 13.4. The van der Waals surface area contributed by atoms with Gasteiger partial charge in [-0.3, -0.25) is 14.4 Å². The van der Waals surface area contributed by atoms with Crippen LogP contribution in [0.3, 0.4) is 0 Å². The summed E-state index contributed by atoms with van der Waals surface area (Å²) in [6, 6.07) is 13.1. The number of benzene rings is 2. The van der Waals surface area contributed by atoms with Gasteiger partial charge in [0.15, 0.2) is 5.78 Å². The van der Waals surface area contributed by atoms with E-state index in [1.54, 1.807) is 18.2 Å². The SMILES string of the molecule is COc1ccc(C(C)=O)cc1COC(=O)C1CCCCC1C(=O)N1CCc2ccccc21. The number of para-hydroxylation sites is 1. The minimum atomic E-state index is -0.453. The topological polar surface area (TPSA) is 72.9 Å². The molecule has 0 spiro atoms. The number of methoxy groups -OCH3 is 1. The molecule has 1 saturated carbocycles. The van der Waals surface area contributed by atoms with Gasteiger partial charge in [-0.25, -0.2) is 0 Å². The summed E-state index contributed by atoms with van der Waals surface area (Å²) in [5.41, 5.74) is 3.31. The standard InChI is InChI=1S/C26H29NO5/c1-17(28)19-11-12-24(31-2)20(15-19)16-32-26(30)22-9-5-4-8-21(22)25(29)27-14-13-18-7-3-6-10-23(18)27/h3,6-7,10-12,15,21-22H,4-5,8-9,13-14,16H2,1-2H3. The van der Waals surface area contributed by atoms with Gasteiger partial charge in [-0.1, -0.05) is 31.0 Å². The maximum atomic E-state index is 13.4. The van der Waals surface area contributed by atoms with E-state index >= 15 is 0 Å². The van der Waals surface area contributed by atoms with E-state index < -0.39 is 5.92 Å². The molecule has 0 N–H and O–H groups in total. The molecule has 0 radical (unpaired) electrons. The Kier molecular flexibility index (Phi) is 6.58. The van der Waals surface area contributed by atoms with E-state index in [-0.39, 0.29) is 30.2 Å². The number of carbonyl (C=O) groups excluding carboxylic acids is 3. The van der Waals surface area contributed by atoms with Crippen molar-refractivity contribution in [2.45, 2.75) is 45.6 Å². The third-order valence-corrected chi connectivity index (χ3v) is 6.60. The monoisotopic (exact) mass is 435 g/mol. The van der Waals surface area contributed by atoms with Crippen LogP contribution in [0.1, 0.15) is 54.1 Å². The summed E-state index contributed by atoms with van der Waals surface area (Å²) in [7, 11) is 1.54. The van der Waals surface area contributed by atoms with Crippen molar-refractivity contribution in [3.05, 3.63) is 59.2 Å². The molecular formula is C26H29NO5. The Morgan fingerprint density at radius 3 is 2.53 bits per heavy atom. The molecule has 2 aliphatic rings. The lowest BCUT2D eigenvalue weighted by atomic mass is 9.78. The van der Waals surface area contributed by atoms with Crippen LogP contribution in [-0.2, 0) is 27.4 Å². The highest BCUT2D eigenvalue weighted by Crippen LogP contribution is 2.36. The predicted molar refractivity (Wildman–Crippen MR) is 121 cm³/mol. The zero-order valence-corrected chi connectivity index (χ0v) is 18.6. The Labute approximate surface area is 188 Å². The number of nitrogens with zero attached hydrogens (tertiary/aromatic N) is 1. The second-order valence-corrected chi connectivity index (χ2v) is 8.56. The fourth-order valence-electron chi connectivity index (χ4n) is 4.84. The molecule has 0 saturated heterocycles. The molecule has 1 amide bonds. The summed E-state index contributed by atoms with van der Waals surface area (Å²) in [5.74, 6) is -0.658. The summed E-state index contributed by atoms with van der Waals surface area (Å²) in [6.07, 6.45) is 4.03. The van der Waals surface area contributed by atoms with Gasteiger partial charge in [-0.05, 0) is 56.0 Å². The zero-order valence-electron chi connectivity index (χ0n) is 18.6. The molecule has 2 aromatic carbocycles. The van der Waals surface area contributed by atoms with Crippen LogP contribution in [0.5, 0.6) is 5.75 Å². The highest BCUT2D eigenvalue weighted by Gasteiger charge is 2.40. The zero-order chi connectivity index (χ0) is 22.7. The summed E-state index contributed by atoms with van der Waals surface area (Å²) in [6.45, 7) is 2.16. The van der Waals surface area contributed by atoms with E-state index in [9.17, 15) is 14.4 Å². The first-order chi connectivity index (χ1) is 15.5. The van der Waals surface area contributed by atoms with Crippen molar-refractivity contribution in [2.24, 2.45) is 11.8 Å². The molecule has 0 bridgehead atoms. The number of fused-ring (bicyclic) bond motifs is 1. The first-order valence-electron chi connectivity index (χ1n) is 11.2. The second kappa shape index (κ2) is 9.55. The summed E-state index contributed by atoms with van der Waals surface area (Å²) >= 11 is 0. The predicted octanol–water partition coefficient (Wildman–Crippen LogP) is 4.34. The van der Waals surface area contributed by atoms with E-state index in [0.29, 0.717) is 36.3 Å². The molecule has 2 unspecified atom stereocenters. The van der Waals surface area contributed by atoms with Crippen molar-refractivity contribution in [3.8, 4) is 5.75 Å². The number of hydrogen-bond donors (Lipinski definition) is 0. The molecule has 32 heavy (non-hydrogen) atoms. The van der Waals surface area contributed by atoms with E-state index in [4.69, 9.17) is 9.47 Å². The molecule has 1 aliphatic heterocycles. The number of esters is 1. The van der Waals surface area contributed by atoms with Gasteiger partial charge in [0, 0.05) is 23.4 Å². The molecule has 1 aliphatic carbocycles.